The minimum atomic E-state index is -0.871. The summed E-state index contributed by atoms with van der Waals surface area (Å²) in [5.74, 6) is -0.576. The number of allylic oxidation sites excluding steroid dienone is 4. The van der Waals surface area contributed by atoms with Crippen LogP contribution in [0.5, 0.6) is 0 Å². The summed E-state index contributed by atoms with van der Waals surface area (Å²) >= 11 is 0. The molecule has 2 saturated heterocycles. The Morgan fingerprint density at radius 2 is 1.59 bits per heavy atom. The fraction of sp³-hybridized carbons (Fsp3) is 0.250. The van der Waals surface area contributed by atoms with E-state index in [0.29, 0.717) is 18.7 Å². The summed E-state index contributed by atoms with van der Waals surface area (Å²) in [4.78, 5) is 45.2. The molecule has 3 atom stereocenters. The number of hydrogen-bond acceptors (Lipinski definition) is 4. The fourth-order valence-corrected chi connectivity index (χ4v) is 5.92. The number of fused-ring (bicyclic) bond motifs is 1. The second-order valence-electron chi connectivity index (χ2n) is 11.1. The lowest BCUT2D eigenvalue weighted by Gasteiger charge is -2.54. The molecule has 8 heteroatoms. The van der Waals surface area contributed by atoms with Gasteiger partial charge in [-0.1, -0.05) is 122 Å². The Hall–Kier alpha value is -4.95. The molecule has 2 aliphatic heterocycles. The van der Waals surface area contributed by atoms with Crippen molar-refractivity contribution in [2.75, 3.05) is 26.7 Å². The van der Waals surface area contributed by atoms with Crippen molar-refractivity contribution in [1.82, 2.24) is 25.1 Å². The maximum absolute atomic E-state index is 14.4. The van der Waals surface area contributed by atoms with Crippen molar-refractivity contribution >= 4 is 17.8 Å². The zero-order valence-corrected chi connectivity index (χ0v) is 25.3. The van der Waals surface area contributed by atoms with E-state index in [-0.39, 0.29) is 36.9 Å². The molecule has 5 rings (SSSR count). The second kappa shape index (κ2) is 14.0. The van der Waals surface area contributed by atoms with Crippen LogP contribution in [-0.4, -0.2) is 70.5 Å². The molecule has 2 aliphatic rings. The first-order chi connectivity index (χ1) is 21.4. The molecular weight excluding hydrogens is 550 g/mol. The van der Waals surface area contributed by atoms with Gasteiger partial charge < -0.3 is 15.1 Å². The highest BCUT2D eigenvalue weighted by Gasteiger charge is 2.51. The molecule has 226 valence electrons. The summed E-state index contributed by atoms with van der Waals surface area (Å²) in [5.41, 5.74) is 3.56. The summed E-state index contributed by atoms with van der Waals surface area (Å²) in [6.45, 7) is 7.13. The van der Waals surface area contributed by atoms with Crippen molar-refractivity contribution in [3.63, 3.8) is 0 Å². The summed E-state index contributed by atoms with van der Waals surface area (Å²) in [5, 5.41) is 6.24. The number of nitrogens with one attached hydrogen (secondary N) is 1. The lowest BCUT2D eigenvalue weighted by molar-refractivity contribution is -0.187. The highest BCUT2D eigenvalue weighted by molar-refractivity contribution is 5.92. The van der Waals surface area contributed by atoms with E-state index in [9.17, 15) is 14.4 Å². The Bertz CT molecular complexity index is 1520. The van der Waals surface area contributed by atoms with Crippen molar-refractivity contribution in [3.8, 4) is 0 Å². The van der Waals surface area contributed by atoms with Crippen LogP contribution in [0, 0.1) is 0 Å². The number of piperazine rings is 1. The van der Waals surface area contributed by atoms with Gasteiger partial charge in [0.2, 0.25) is 11.8 Å². The second-order valence-corrected chi connectivity index (χ2v) is 11.1. The van der Waals surface area contributed by atoms with Crippen molar-refractivity contribution in [3.05, 3.63) is 144 Å². The quantitative estimate of drug-likeness (QED) is 0.345. The number of urea groups is 1. The van der Waals surface area contributed by atoms with E-state index >= 15 is 0 Å². The molecule has 0 saturated carbocycles. The molecule has 2 heterocycles. The van der Waals surface area contributed by atoms with Crippen LogP contribution < -0.4 is 5.32 Å². The highest BCUT2D eigenvalue weighted by atomic mass is 16.2. The predicted octanol–water partition coefficient (Wildman–Crippen LogP) is 5.27. The van der Waals surface area contributed by atoms with Crippen molar-refractivity contribution in [1.29, 1.82) is 0 Å². The molecule has 44 heavy (non-hydrogen) atoms. The van der Waals surface area contributed by atoms with Crippen molar-refractivity contribution in [2.24, 2.45) is 0 Å². The minimum absolute atomic E-state index is 0.0228. The van der Waals surface area contributed by atoms with Crippen LogP contribution in [0.2, 0.25) is 0 Å². The van der Waals surface area contributed by atoms with Crippen LogP contribution in [-0.2, 0) is 16.1 Å². The standard InChI is InChI=1S/C36H39N5O3/c1-4-5-9-16-27(2)31(29-19-12-7-13-20-29)24-39-25-32-40(34(35(39)43)30-21-14-8-15-22-30)33(42)26-38(3)41(32)36(44)37-23-28-17-10-6-11-18-28/h4-22,31-32,34H,2,23-26H2,1,3H3,(H,37,44)/b5-4-,16-9-/t31?,32-,34-/m0/s1. The average Bonchev–Trinajstić information content (AvgIpc) is 3.04. The molecule has 3 aromatic carbocycles. The Kier molecular flexibility index (Phi) is 9.72. The summed E-state index contributed by atoms with van der Waals surface area (Å²) in [6, 6.07) is 27.8. The van der Waals surface area contributed by atoms with E-state index in [1.165, 1.54) is 0 Å². The first kappa shape index (κ1) is 30.5. The Labute approximate surface area is 259 Å². The molecule has 1 N–H and O–H groups in total. The van der Waals surface area contributed by atoms with Gasteiger partial charge >= 0.3 is 6.03 Å². The van der Waals surface area contributed by atoms with Gasteiger partial charge in [0.05, 0.1) is 13.1 Å². The van der Waals surface area contributed by atoms with Crippen LogP contribution in [0.25, 0.3) is 0 Å². The number of carbonyl (C=O) groups is 3. The lowest BCUT2D eigenvalue weighted by Crippen LogP contribution is -2.74. The number of hydrazine groups is 1. The number of benzene rings is 3. The van der Waals surface area contributed by atoms with E-state index in [1.807, 2.05) is 122 Å². The molecule has 1 unspecified atom stereocenters. The van der Waals surface area contributed by atoms with Crippen LogP contribution >= 0.6 is 0 Å². The Morgan fingerprint density at radius 1 is 0.955 bits per heavy atom. The number of carbonyl (C=O) groups excluding carboxylic acids is 3. The zero-order valence-electron chi connectivity index (χ0n) is 25.3. The third-order valence-corrected chi connectivity index (χ3v) is 8.11. The fourth-order valence-electron chi connectivity index (χ4n) is 5.92. The lowest BCUT2D eigenvalue weighted by atomic mass is 9.89. The first-order valence-electron chi connectivity index (χ1n) is 14.9. The molecule has 0 aromatic heterocycles. The molecule has 8 nitrogen and oxygen atoms in total. The number of amides is 4. The molecule has 3 aromatic rings. The van der Waals surface area contributed by atoms with Gasteiger partial charge in [-0.25, -0.2) is 14.8 Å². The summed E-state index contributed by atoms with van der Waals surface area (Å²) in [6.07, 6.45) is 7.09. The van der Waals surface area contributed by atoms with Gasteiger partial charge in [-0.3, -0.25) is 9.59 Å². The predicted molar refractivity (Wildman–Crippen MR) is 172 cm³/mol. The first-order valence-corrected chi connectivity index (χ1v) is 14.9. The zero-order chi connectivity index (χ0) is 31.1. The van der Waals surface area contributed by atoms with Gasteiger partial charge in [0.15, 0.2) is 0 Å². The number of likely N-dealkylation sites (N-methyl/N-ethyl adjacent to an activating group) is 1. The van der Waals surface area contributed by atoms with Crippen LogP contribution in [0.3, 0.4) is 0 Å². The van der Waals surface area contributed by atoms with Crippen LogP contribution in [0.4, 0.5) is 4.79 Å². The van der Waals surface area contributed by atoms with Gasteiger partial charge in [0, 0.05) is 26.1 Å². The van der Waals surface area contributed by atoms with E-state index < -0.39 is 12.2 Å². The van der Waals surface area contributed by atoms with E-state index in [4.69, 9.17) is 0 Å². The van der Waals surface area contributed by atoms with Gasteiger partial charge in [0.1, 0.15) is 12.2 Å². The Balaban J connectivity index is 1.51. The normalized spacial score (nSPS) is 19.8. The summed E-state index contributed by atoms with van der Waals surface area (Å²) < 4.78 is 0. The molecule has 0 spiro atoms. The molecule has 2 fully saturated rings. The van der Waals surface area contributed by atoms with Crippen molar-refractivity contribution in [2.45, 2.75) is 31.6 Å². The average molecular weight is 590 g/mol. The number of nitrogens with zero attached hydrogens (tertiary/aromatic N) is 4. The van der Waals surface area contributed by atoms with Gasteiger partial charge in [0.25, 0.3) is 0 Å². The molecule has 0 aliphatic carbocycles. The molecule has 4 amide bonds. The molecular formula is C36H39N5O3. The van der Waals surface area contributed by atoms with Gasteiger partial charge in [-0.2, -0.15) is 0 Å². The number of rotatable bonds is 9. The molecule has 0 radical (unpaired) electrons. The summed E-state index contributed by atoms with van der Waals surface area (Å²) in [7, 11) is 1.73. The van der Waals surface area contributed by atoms with E-state index in [0.717, 1.165) is 16.7 Å². The SMILES string of the molecule is C=C(/C=C\C=C/C)C(CN1C[C@H]2N(C(=O)CN(C)N2C(=O)NCc2ccccc2)[C@@H](c2ccccc2)C1=O)c1ccccc1. The van der Waals surface area contributed by atoms with E-state index in [2.05, 4.69) is 11.9 Å². The number of hydrogen-bond donors (Lipinski definition) is 1. The van der Waals surface area contributed by atoms with Crippen LogP contribution in [0.15, 0.2) is 127 Å². The van der Waals surface area contributed by atoms with Crippen molar-refractivity contribution < 1.29 is 14.4 Å². The van der Waals surface area contributed by atoms with Gasteiger partial charge in [-0.05, 0) is 29.2 Å². The van der Waals surface area contributed by atoms with Crippen LogP contribution in [0.1, 0.15) is 35.6 Å². The topological polar surface area (TPSA) is 76.2 Å². The highest BCUT2D eigenvalue weighted by Crippen LogP contribution is 2.36. The molecule has 0 bridgehead atoms. The smallest absolute Gasteiger partial charge is 0.334 e. The largest absolute Gasteiger partial charge is 0.336 e. The maximum Gasteiger partial charge on any atom is 0.334 e. The third-order valence-electron chi connectivity index (χ3n) is 8.11. The Morgan fingerprint density at radius 3 is 2.25 bits per heavy atom. The third kappa shape index (κ3) is 6.66. The van der Waals surface area contributed by atoms with E-state index in [1.54, 1.807) is 26.9 Å². The monoisotopic (exact) mass is 589 g/mol. The van der Waals surface area contributed by atoms with Gasteiger partial charge in [-0.15, -0.1) is 0 Å². The maximum atomic E-state index is 14.4. The minimum Gasteiger partial charge on any atom is -0.336 e.